The van der Waals surface area contributed by atoms with Crippen molar-refractivity contribution in [2.24, 2.45) is 5.41 Å². The Morgan fingerprint density at radius 3 is 2.64 bits per heavy atom. The van der Waals surface area contributed by atoms with Gasteiger partial charge < -0.3 is 9.64 Å². The monoisotopic (exact) mass is 522 g/mol. The molecular formula is C24H23ClF4N6O. The number of nitrogens with zero attached hydrogens (tertiary/aromatic N) is 6. The summed E-state index contributed by atoms with van der Waals surface area (Å²) in [5, 5.41) is 9.21. The molecule has 2 fully saturated rings. The lowest BCUT2D eigenvalue weighted by molar-refractivity contribution is -0.148. The lowest BCUT2D eigenvalue weighted by atomic mass is 9.57. The summed E-state index contributed by atoms with van der Waals surface area (Å²) in [6.07, 6.45) is -1.39. The van der Waals surface area contributed by atoms with Crippen LogP contribution in [0.4, 0.5) is 23.4 Å². The van der Waals surface area contributed by atoms with Crippen molar-refractivity contribution in [2.75, 3.05) is 31.6 Å². The molecule has 0 radical (unpaired) electrons. The van der Waals surface area contributed by atoms with Gasteiger partial charge in [0.1, 0.15) is 11.6 Å². The molecule has 12 heteroatoms. The van der Waals surface area contributed by atoms with Gasteiger partial charge in [-0.15, -0.1) is 10.2 Å². The molecule has 0 N–H and O–H groups in total. The number of aromatic nitrogens is 4. The van der Waals surface area contributed by atoms with E-state index >= 15 is 0 Å². The van der Waals surface area contributed by atoms with E-state index in [9.17, 15) is 17.6 Å². The van der Waals surface area contributed by atoms with Crippen LogP contribution in [0.5, 0.6) is 5.75 Å². The number of fused-ring (bicyclic) bond motifs is 3. The number of methoxy groups -OCH3 is 1. The zero-order valence-electron chi connectivity index (χ0n) is 19.4. The van der Waals surface area contributed by atoms with E-state index in [2.05, 4.69) is 20.1 Å². The lowest BCUT2D eigenvalue weighted by Gasteiger charge is -2.59. The van der Waals surface area contributed by atoms with Crippen LogP contribution in [0.15, 0.2) is 30.5 Å². The molecule has 36 heavy (non-hydrogen) atoms. The van der Waals surface area contributed by atoms with Crippen LogP contribution in [0.25, 0.3) is 5.69 Å². The van der Waals surface area contributed by atoms with Gasteiger partial charge in [-0.05, 0) is 36.6 Å². The van der Waals surface area contributed by atoms with Crippen molar-refractivity contribution in [1.82, 2.24) is 24.6 Å². The van der Waals surface area contributed by atoms with Crippen LogP contribution in [-0.2, 0) is 13.1 Å². The van der Waals surface area contributed by atoms with Crippen molar-refractivity contribution in [2.45, 2.75) is 38.0 Å². The maximum atomic E-state index is 13.5. The van der Waals surface area contributed by atoms with Crippen molar-refractivity contribution in [1.29, 1.82) is 0 Å². The molecule has 0 atom stereocenters. The first-order valence-corrected chi connectivity index (χ1v) is 12.0. The van der Waals surface area contributed by atoms with Crippen LogP contribution in [-0.4, -0.2) is 57.6 Å². The van der Waals surface area contributed by atoms with E-state index in [0.29, 0.717) is 28.0 Å². The number of alkyl halides is 3. The van der Waals surface area contributed by atoms with Crippen molar-refractivity contribution >= 4 is 17.4 Å². The molecule has 2 aromatic heterocycles. The second-order valence-electron chi connectivity index (χ2n) is 9.98. The fourth-order valence-electron chi connectivity index (χ4n) is 5.86. The van der Waals surface area contributed by atoms with Gasteiger partial charge in [0.25, 0.3) is 0 Å². The van der Waals surface area contributed by atoms with Crippen LogP contribution in [0, 0.1) is 11.2 Å². The largest absolute Gasteiger partial charge is 0.493 e. The van der Waals surface area contributed by atoms with E-state index in [1.54, 1.807) is 12.1 Å². The number of pyridine rings is 1. The Kier molecular flexibility index (Phi) is 5.42. The summed E-state index contributed by atoms with van der Waals surface area (Å²) >= 11 is 6.19. The van der Waals surface area contributed by atoms with Crippen LogP contribution in [0.1, 0.15) is 36.0 Å². The normalized spacial score (nSPS) is 19.3. The van der Waals surface area contributed by atoms with E-state index in [0.717, 1.165) is 37.4 Å². The fourth-order valence-corrected chi connectivity index (χ4v) is 6.06. The van der Waals surface area contributed by atoms with Crippen molar-refractivity contribution in [3.8, 4) is 11.4 Å². The quantitative estimate of drug-likeness (QED) is 0.462. The van der Waals surface area contributed by atoms with Crippen molar-refractivity contribution in [3.63, 3.8) is 0 Å². The molecule has 3 aromatic rings. The standard InChI is InChI=1S/C24H23ClF4N6O/c1-36-19-5-17(26)8-30-22(19)34-11-23(12-34)6-15(7-23)21-32-31-20-10-33(13-24(27,28)29)9-14-4-16(25)2-3-18(14)35(20)21/h2-5,8,15H,6-7,9-13H2,1H3. The highest BCUT2D eigenvalue weighted by atomic mass is 35.5. The molecule has 1 aromatic carbocycles. The first-order valence-electron chi connectivity index (χ1n) is 11.6. The number of benzene rings is 1. The third-order valence-electron chi connectivity index (χ3n) is 7.29. The number of ether oxygens (including phenoxy) is 1. The lowest BCUT2D eigenvalue weighted by Crippen LogP contribution is -2.62. The summed E-state index contributed by atoms with van der Waals surface area (Å²) < 4.78 is 60.3. The van der Waals surface area contributed by atoms with Gasteiger partial charge in [-0.25, -0.2) is 9.37 Å². The van der Waals surface area contributed by atoms with Gasteiger partial charge in [-0.2, -0.15) is 13.2 Å². The number of hydrogen-bond acceptors (Lipinski definition) is 6. The molecule has 2 aliphatic heterocycles. The minimum atomic E-state index is -4.32. The minimum absolute atomic E-state index is 0.0421. The summed E-state index contributed by atoms with van der Waals surface area (Å²) in [6.45, 7) is 0.662. The Balaban J connectivity index is 1.23. The maximum Gasteiger partial charge on any atom is 0.401 e. The first kappa shape index (κ1) is 23.5. The molecule has 3 aliphatic rings. The minimum Gasteiger partial charge on any atom is -0.493 e. The van der Waals surface area contributed by atoms with E-state index in [4.69, 9.17) is 16.3 Å². The highest BCUT2D eigenvalue weighted by molar-refractivity contribution is 6.30. The first-order chi connectivity index (χ1) is 17.1. The SMILES string of the molecule is COc1cc(F)cnc1N1CC2(CC(c3nnc4n3-c3ccc(Cl)cc3CN(CC(F)(F)F)C4)C2)C1. The van der Waals surface area contributed by atoms with E-state index in [1.165, 1.54) is 24.3 Å². The predicted molar refractivity (Wildman–Crippen MR) is 124 cm³/mol. The molecule has 1 saturated carbocycles. The zero-order chi connectivity index (χ0) is 25.2. The van der Waals surface area contributed by atoms with Gasteiger partial charge in [-0.3, -0.25) is 9.47 Å². The van der Waals surface area contributed by atoms with E-state index < -0.39 is 18.5 Å². The maximum absolute atomic E-state index is 13.5. The molecular weight excluding hydrogens is 500 g/mol. The average Bonchev–Trinajstić information content (AvgIpc) is 3.07. The van der Waals surface area contributed by atoms with Crippen LogP contribution >= 0.6 is 11.6 Å². The van der Waals surface area contributed by atoms with Crippen LogP contribution in [0.3, 0.4) is 0 Å². The zero-order valence-corrected chi connectivity index (χ0v) is 20.2. The molecule has 1 saturated heterocycles. The smallest absolute Gasteiger partial charge is 0.401 e. The number of rotatable bonds is 4. The van der Waals surface area contributed by atoms with E-state index in [1.807, 2.05) is 10.6 Å². The molecule has 7 nitrogen and oxygen atoms in total. The highest BCUT2D eigenvalue weighted by Gasteiger charge is 2.55. The summed E-state index contributed by atoms with van der Waals surface area (Å²) in [5.74, 6) is 1.98. The number of hydrogen-bond donors (Lipinski definition) is 0. The summed E-state index contributed by atoms with van der Waals surface area (Å²) in [6, 6.07) is 6.61. The molecule has 4 heterocycles. The van der Waals surface area contributed by atoms with Crippen LogP contribution < -0.4 is 9.64 Å². The van der Waals surface area contributed by atoms with Gasteiger partial charge in [0.2, 0.25) is 0 Å². The third-order valence-corrected chi connectivity index (χ3v) is 7.53. The van der Waals surface area contributed by atoms with Crippen molar-refractivity contribution < 1.29 is 22.3 Å². The summed E-state index contributed by atoms with van der Waals surface area (Å²) in [7, 11) is 1.49. The molecule has 1 aliphatic carbocycles. The molecule has 0 bridgehead atoms. The Morgan fingerprint density at radius 2 is 1.92 bits per heavy atom. The Morgan fingerprint density at radius 1 is 1.14 bits per heavy atom. The third kappa shape index (κ3) is 4.07. The second-order valence-corrected chi connectivity index (χ2v) is 10.4. The second kappa shape index (κ2) is 8.31. The predicted octanol–water partition coefficient (Wildman–Crippen LogP) is 4.73. The Labute approximate surface area is 209 Å². The molecule has 0 unspecified atom stereocenters. The average molecular weight is 523 g/mol. The topological polar surface area (TPSA) is 59.3 Å². The van der Waals surface area contributed by atoms with Crippen LogP contribution in [0.2, 0.25) is 5.02 Å². The summed E-state index contributed by atoms with van der Waals surface area (Å²) in [5.41, 5.74) is 1.58. The Bertz CT molecular complexity index is 1310. The van der Waals surface area contributed by atoms with Gasteiger partial charge in [0.15, 0.2) is 17.4 Å². The molecule has 0 amide bonds. The summed E-state index contributed by atoms with van der Waals surface area (Å²) in [4.78, 5) is 7.60. The van der Waals surface area contributed by atoms with Crippen molar-refractivity contribution in [3.05, 3.63) is 58.5 Å². The number of halogens is 5. The van der Waals surface area contributed by atoms with Gasteiger partial charge in [0, 0.05) is 42.1 Å². The highest BCUT2D eigenvalue weighted by Crippen LogP contribution is 2.57. The van der Waals surface area contributed by atoms with Gasteiger partial charge in [0.05, 0.1) is 32.1 Å². The Hall–Kier alpha value is -2.92. The number of anilines is 1. The van der Waals surface area contributed by atoms with Gasteiger partial charge >= 0.3 is 6.18 Å². The fraction of sp³-hybridized carbons (Fsp3) is 0.458. The molecule has 190 valence electrons. The van der Waals surface area contributed by atoms with E-state index in [-0.39, 0.29) is 24.4 Å². The van der Waals surface area contributed by atoms with Gasteiger partial charge in [-0.1, -0.05) is 11.6 Å². The molecule has 1 spiro atoms. The molecule has 6 rings (SSSR count).